The summed E-state index contributed by atoms with van der Waals surface area (Å²) in [7, 11) is -3.27. The van der Waals surface area contributed by atoms with E-state index in [9.17, 15) is 0 Å². The minimum Gasteiger partial charge on any atom is -0.414 e. The maximum absolute atomic E-state index is 6.54. The van der Waals surface area contributed by atoms with Gasteiger partial charge in [-0.05, 0) is 42.7 Å². The van der Waals surface area contributed by atoms with Crippen molar-refractivity contribution in [3.8, 4) is 0 Å². The van der Waals surface area contributed by atoms with Crippen molar-refractivity contribution in [3.63, 3.8) is 0 Å². The lowest BCUT2D eigenvalue weighted by molar-refractivity contribution is 0.111. The van der Waals surface area contributed by atoms with Crippen LogP contribution in [0.15, 0.2) is 12.7 Å². The van der Waals surface area contributed by atoms with E-state index in [-0.39, 0.29) is 11.1 Å². The van der Waals surface area contributed by atoms with Crippen molar-refractivity contribution in [2.75, 3.05) is 6.61 Å². The highest BCUT2D eigenvalue weighted by Crippen LogP contribution is 2.37. The molecule has 0 aliphatic rings. The highest BCUT2D eigenvalue weighted by atomic mass is 28.4. The smallest absolute Gasteiger partial charge is 0.192 e. The third-order valence-electron chi connectivity index (χ3n) is 5.21. The lowest BCUT2D eigenvalue weighted by Gasteiger charge is -2.40. The molecule has 0 unspecified atom stereocenters. The van der Waals surface area contributed by atoms with Gasteiger partial charge in [-0.15, -0.1) is 6.58 Å². The Labute approximate surface area is 135 Å². The molecule has 0 aliphatic carbocycles. The monoisotopic (exact) mass is 330 g/mol. The van der Waals surface area contributed by atoms with Crippen LogP contribution >= 0.6 is 0 Å². The van der Waals surface area contributed by atoms with Crippen LogP contribution in [0.2, 0.25) is 36.3 Å². The minimum atomic E-state index is -1.74. The van der Waals surface area contributed by atoms with E-state index >= 15 is 0 Å². The maximum Gasteiger partial charge on any atom is 0.192 e. The van der Waals surface area contributed by atoms with Gasteiger partial charge in [-0.3, -0.25) is 0 Å². The fourth-order valence-electron chi connectivity index (χ4n) is 2.26. The summed E-state index contributed by atoms with van der Waals surface area (Å²) in [4.78, 5) is 0. The molecule has 0 saturated carbocycles. The largest absolute Gasteiger partial charge is 0.414 e. The quantitative estimate of drug-likeness (QED) is 0.362. The summed E-state index contributed by atoms with van der Waals surface area (Å²) in [5, 5.41) is 0.237. The van der Waals surface area contributed by atoms with Crippen LogP contribution in [0, 0.1) is 0 Å². The van der Waals surface area contributed by atoms with Crippen molar-refractivity contribution in [2.24, 2.45) is 0 Å². The van der Waals surface area contributed by atoms with Crippen LogP contribution in [-0.4, -0.2) is 29.3 Å². The topological polar surface area (TPSA) is 18.5 Å². The number of hydrogen-bond donors (Lipinski definition) is 0. The Balaban J connectivity index is 4.82. The Morgan fingerprint density at radius 2 is 1.52 bits per heavy atom. The van der Waals surface area contributed by atoms with E-state index in [0.29, 0.717) is 0 Å². The molecular weight excluding hydrogens is 292 g/mol. The molecule has 0 spiro atoms. The van der Waals surface area contributed by atoms with Crippen LogP contribution in [-0.2, 0) is 8.85 Å². The molecule has 0 bridgehead atoms. The van der Waals surface area contributed by atoms with E-state index in [1.54, 1.807) is 0 Å². The second kappa shape index (κ2) is 8.65. The van der Waals surface area contributed by atoms with Gasteiger partial charge < -0.3 is 8.85 Å². The highest BCUT2D eigenvalue weighted by molar-refractivity contribution is 6.74. The average Bonchev–Trinajstić information content (AvgIpc) is 2.39. The molecule has 0 N–H and O–H groups in total. The van der Waals surface area contributed by atoms with Gasteiger partial charge in [0.2, 0.25) is 0 Å². The zero-order valence-corrected chi connectivity index (χ0v) is 17.7. The van der Waals surface area contributed by atoms with E-state index in [2.05, 4.69) is 61.2 Å². The first-order chi connectivity index (χ1) is 9.57. The Morgan fingerprint density at radius 3 is 1.86 bits per heavy atom. The molecule has 126 valence electrons. The molecule has 4 heteroatoms. The standard InChI is InChI=1S/C17H38O2Si2/c1-10-14-16(19-20(8,9)17(5,6)7)15-18-21(11-2,12-3)13-4/h10,16H,1,11-15H2,2-9H3/t16-/m0/s1. The van der Waals surface area contributed by atoms with Crippen molar-refractivity contribution in [2.45, 2.75) is 90.3 Å². The molecule has 0 saturated heterocycles. The fourth-order valence-corrected chi connectivity index (χ4v) is 6.26. The van der Waals surface area contributed by atoms with Crippen LogP contribution in [0.5, 0.6) is 0 Å². The van der Waals surface area contributed by atoms with Gasteiger partial charge in [-0.25, -0.2) is 0 Å². The molecule has 0 fully saturated rings. The van der Waals surface area contributed by atoms with Crippen LogP contribution in [0.25, 0.3) is 0 Å². The molecule has 0 aromatic heterocycles. The third kappa shape index (κ3) is 6.39. The van der Waals surface area contributed by atoms with Gasteiger partial charge in [-0.1, -0.05) is 47.6 Å². The molecule has 0 radical (unpaired) electrons. The predicted molar refractivity (Wildman–Crippen MR) is 100 cm³/mol. The van der Waals surface area contributed by atoms with E-state index in [0.717, 1.165) is 13.0 Å². The summed E-state index contributed by atoms with van der Waals surface area (Å²) >= 11 is 0. The molecule has 0 aliphatic heterocycles. The van der Waals surface area contributed by atoms with Gasteiger partial charge in [0.1, 0.15) is 0 Å². The first-order valence-electron chi connectivity index (χ1n) is 8.50. The molecule has 21 heavy (non-hydrogen) atoms. The lowest BCUT2D eigenvalue weighted by atomic mass is 10.2. The summed E-state index contributed by atoms with van der Waals surface area (Å²) < 4.78 is 13.0. The zero-order valence-electron chi connectivity index (χ0n) is 15.7. The molecule has 0 rings (SSSR count). The molecule has 0 heterocycles. The van der Waals surface area contributed by atoms with Crippen LogP contribution in [0.1, 0.15) is 48.0 Å². The fraction of sp³-hybridized carbons (Fsp3) is 0.882. The highest BCUT2D eigenvalue weighted by Gasteiger charge is 2.39. The Morgan fingerprint density at radius 1 is 1.05 bits per heavy atom. The predicted octanol–water partition coefficient (Wildman–Crippen LogP) is 5.97. The van der Waals surface area contributed by atoms with E-state index < -0.39 is 16.6 Å². The van der Waals surface area contributed by atoms with Gasteiger partial charge in [0.05, 0.1) is 12.7 Å². The van der Waals surface area contributed by atoms with Crippen molar-refractivity contribution in [1.29, 1.82) is 0 Å². The molecule has 0 aromatic rings. The van der Waals surface area contributed by atoms with Crippen molar-refractivity contribution in [3.05, 3.63) is 12.7 Å². The molecule has 1 atom stereocenters. The van der Waals surface area contributed by atoms with Crippen molar-refractivity contribution in [1.82, 2.24) is 0 Å². The number of rotatable bonds is 10. The normalized spacial score (nSPS) is 15.0. The number of hydrogen-bond acceptors (Lipinski definition) is 2. The van der Waals surface area contributed by atoms with E-state index in [1.807, 2.05) is 6.08 Å². The Hall–Kier alpha value is 0.0938. The van der Waals surface area contributed by atoms with E-state index in [1.165, 1.54) is 18.1 Å². The summed E-state index contributed by atoms with van der Waals surface area (Å²) in [6.45, 7) is 22.9. The summed E-state index contributed by atoms with van der Waals surface area (Å²) in [6, 6.07) is 3.59. The third-order valence-corrected chi connectivity index (χ3v) is 14.4. The first-order valence-corrected chi connectivity index (χ1v) is 13.9. The SMILES string of the molecule is C=CC[C@@H](CO[Si](CC)(CC)CC)O[Si](C)(C)C(C)(C)C. The van der Waals surface area contributed by atoms with Gasteiger partial charge in [0.25, 0.3) is 0 Å². The summed E-state index contributed by atoms with van der Waals surface area (Å²) in [6.07, 6.45) is 3.02. The molecule has 0 aromatic carbocycles. The van der Waals surface area contributed by atoms with Crippen LogP contribution < -0.4 is 0 Å². The Kier molecular flexibility index (Phi) is 8.69. The minimum absolute atomic E-state index is 0.167. The Bertz CT molecular complexity index is 296. The van der Waals surface area contributed by atoms with E-state index in [4.69, 9.17) is 8.85 Å². The summed E-state index contributed by atoms with van der Waals surface area (Å²) in [5.74, 6) is 0. The average molecular weight is 331 g/mol. The van der Waals surface area contributed by atoms with Crippen molar-refractivity contribution >= 4 is 16.6 Å². The van der Waals surface area contributed by atoms with Gasteiger partial charge in [0.15, 0.2) is 16.6 Å². The second-order valence-electron chi connectivity index (χ2n) is 7.58. The van der Waals surface area contributed by atoms with Gasteiger partial charge >= 0.3 is 0 Å². The molecular formula is C17H38O2Si2. The first kappa shape index (κ1) is 21.1. The van der Waals surface area contributed by atoms with Crippen LogP contribution in [0.4, 0.5) is 0 Å². The van der Waals surface area contributed by atoms with Crippen LogP contribution in [0.3, 0.4) is 0 Å². The zero-order chi connectivity index (χ0) is 16.7. The summed E-state index contributed by atoms with van der Waals surface area (Å²) in [5.41, 5.74) is 0. The lowest BCUT2D eigenvalue weighted by Crippen LogP contribution is -2.46. The molecule has 2 nitrogen and oxygen atoms in total. The maximum atomic E-state index is 6.54. The van der Waals surface area contributed by atoms with Gasteiger partial charge in [-0.2, -0.15) is 0 Å². The van der Waals surface area contributed by atoms with Gasteiger partial charge in [0, 0.05) is 0 Å². The molecule has 0 amide bonds. The second-order valence-corrected chi connectivity index (χ2v) is 17.1. The van der Waals surface area contributed by atoms with Crippen molar-refractivity contribution < 1.29 is 8.85 Å².